The van der Waals surface area contributed by atoms with Gasteiger partial charge in [0, 0.05) is 6.42 Å². The summed E-state index contributed by atoms with van der Waals surface area (Å²) in [6.45, 7) is 4.37. The van der Waals surface area contributed by atoms with Gasteiger partial charge in [0.1, 0.15) is 13.2 Å². The third kappa shape index (κ3) is 26.8. The molecule has 42 heavy (non-hydrogen) atoms. The molecule has 0 aromatic rings. The number of quaternary nitrogens is 1. The van der Waals surface area contributed by atoms with Crippen LogP contribution in [0.3, 0.4) is 0 Å². The third-order valence-corrected chi connectivity index (χ3v) is 6.90. The topological polar surface area (TPSA) is 105 Å². The molecule has 0 aliphatic heterocycles. The number of carbonyl (C=O) groups excluding carboxylic acids is 1. The van der Waals surface area contributed by atoms with Gasteiger partial charge in [0.05, 0.1) is 39.9 Å². The maximum Gasteiger partial charge on any atom is 0.472 e. The van der Waals surface area contributed by atoms with Crippen molar-refractivity contribution in [1.29, 1.82) is 0 Å². The molecule has 9 heteroatoms. The fraction of sp³-hybridized carbons (Fsp3) is 0.606. The SMILES string of the molecule is CC/C=C\C/C=C\C/C=C\C/C=C\C/C=C\CCCC(=O)NC(COP(=O)(O)OCC[N+](C)(C)C)C(O)/C=C/CCC. The lowest BCUT2D eigenvalue weighted by atomic mass is 10.1. The molecular weight excluding hydrogens is 551 g/mol. The average molecular weight is 610 g/mol. The van der Waals surface area contributed by atoms with Crippen molar-refractivity contribution < 1.29 is 32.9 Å². The minimum absolute atomic E-state index is 0.0447. The van der Waals surface area contributed by atoms with Gasteiger partial charge in [0.2, 0.25) is 5.91 Å². The molecule has 0 aliphatic rings. The van der Waals surface area contributed by atoms with E-state index in [0.29, 0.717) is 17.4 Å². The monoisotopic (exact) mass is 609 g/mol. The second kappa shape index (κ2) is 25.4. The Morgan fingerprint density at radius 3 is 1.90 bits per heavy atom. The van der Waals surface area contributed by atoms with Gasteiger partial charge >= 0.3 is 7.82 Å². The number of phosphoric acid groups is 1. The van der Waals surface area contributed by atoms with Crippen molar-refractivity contribution in [3.05, 3.63) is 72.9 Å². The zero-order chi connectivity index (χ0) is 31.5. The molecule has 0 saturated heterocycles. The normalized spacial score (nSPS) is 16.1. The van der Waals surface area contributed by atoms with E-state index in [4.69, 9.17) is 9.05 Å². The highest BCUT2D eigenvalue weighted by atomic mass is 31.2. The molecule has 0 saturated carbocycles. The van der Waals surface area contributed by atoms with Gasteiger partial charge in [0.15, 0.2) is 0 Å². The smallest absolute Gasteiger partial charge is 0.387 e. The van der Waals surface area contributed by atoms with Gasteiger partial charge in [-0.05, 0) is 51.4 Å². The Morgan fingerprint density at radius 2 is 1.38 bits per heavy atom. The minimum atomic E-state index is -4.32. The number of aliphatic hydroxyl groups is 1. The van der Waals surface area contributed by atoms with E-state index in [0.717, 1.165) is 51.4 Å². The standard InChI is InChI=1S/C33H57N2O6P/c1-6-8-10-11-12-13-14-15-16-17-18-19-20-21-22-23-25-27-33(37)34-31(32(36)26-24-9-7-2)30-41-42(38,39)40-29-28-35(3,4)5/h8,10,12-13,15-16,18-19,21-22,24,26,31-32,36H,6-7,9,11,14,17,20,23,25,27-30H2,1-5H3,(H-,34,37,38,39)/p+1/b10-8-,13-12-,16-15-,19-18-,22-21-,26-24+. The second-order valence-electron chi connectivity index (χ2n) is 11.1. The number of carbonyl (C=O) groups is 1. The van der Waals surface area contributed by atoms with Crippen molar-refractivity contribution in [2.45, 2.75) is 90.2 Å². The molecule has 3 N–H and O–H groups in total. The summed E-state index contributed by atoms with van der Waals surface area (Å²) in [4.78, 5) is 22.6. The number of hydrogen-bond acceptors (Lipinski definition) is 5. The van der Waals surface area contributed by atoms with E-state index in [-0.39, 0.29) is 25.5 Å². The summed E-state index contributed by atoms with van der Waals surface area (Å²) < 4.78 is 23.0. The van der Waals surface area contributed by atoms with Gasteiger partial charge in [-0.25, -0.2) is 4.57 Å². The van der Waals surface area contributed by atoms with E-state index in [1.807, 2.05) is 34.1 Å². The number of likely N-dealkylation sites (N-methyl/N-ethyl adjacent to an activating group) is 1. The molecular formula is C33H58N2O6P+. The van der Waals surface area contributed by atoms with Crippen LogP contribution < -0.4 is 5.32 Å². The van der Waals surface area contributed by atoms with E-state index < -0.39 is 20.0 Å². The van der Waals surface area contributed by atoms with Gasteiger partial charge in [-0.3, -0.25) is 13.8 Å². The summed E-state index contributed by atoms with van der Waals surface area (Å²) >= 11 is 0. The number of nitrogens with zero attached hydrogens (tertiary/aromatic N) is 1. The predicted molar refractivity (Wildman–Crippen MR) is 175 cm³/mol. The number of phosphoric ester groups is 1. The van der Waals surface area contributed by atoms with Crippen molar-refractivity contribution in [1.82, 2.24) is 5.32 Å². The molecule has 0 aliphatic carbocycles. The number of unbranched alkanes of at least 4 members (excludes halogenated alkanes) is 2. The van der Waals surface area contributed by atoms with Gasteiger partial charge in [-0.1, -0.05) is 93.2 Å². The molecule has 8 nitrogen and oxygen atoms in total. The molecule has 0 aromatic heterocycles. The predicted octanol–water partition coefficient (Wildman–Crippen LogP) is 6.95. The van der Waals surface area contributed by atoms with E-state index >= 15 is 0 Å². The Hall–Kier alpha value is -2.06. The van der Waals surface area contributed by atoms with E-state index in [9.17, 15) is 19.4 Å². The zero-order valence-corrected chi connectivity index (χ0v) is 27.6. The molecule has 0 aromatic carbocycles. The number of amides is 1. The molecule has 1 amide bonds. The van der Waals surface area contributed by atoms with Crippen molar-refractivity contribution >= 4 is 13.7 Å². The highest BCUT2D eigenvalue weighted by Crippen LogP contribution is 2.43. The van der Waals surface area contributed by atoms with Crippen molar-refractivity contribution in [2.24, 2.45) is 0 Å². The lowest BCUT2D eigenvalue weighted by Gasteiger charge is -2.25. The van der Waals surface area contributed by atoms with Crippen LogP contribution in [-0.4, -0.2) is 73.4 Å². The first-order valence-corrected chi connectivity index (χ1v) is 16.8. The van der Waals surface area contributed by atoms with Crippen LogP contribution in [0.5, 0.6) is 0 Å². The van der Waals surface area contributed by atoms with Crippen molar-refractivity contribution in [3.8, 4) is 0 Å². The van der Waals surface area contributed by atoms with Gasteiger partial charge in [0.25, 0.3) is 0 Å². The number of rotatable bonds is 25. The minimum Gasteiger partial charge on any atom is -0.387 e. The number of hydrogen-bond donors (Lipinski definition) is 3. The fourth-order valence-electron chi connectivity index (χ4n) is 3.43. The van der Waals surface area contributed by atoms with Crippen LogP contribution in [0.25, 0.3) is 0 Å². The summed E-state index contributed by atoms with van der Waals surface area (Å²) in [7, 11) is 1.51. The maximum absolute atomic E-state index is 12.5. The Kier molecular flexibility index (Phi) is 24.2. The van der Waals surface area contributed by atoms with Crippen LogP contribution >= 0.6 is 7.82 Å². The Balaban J connectivity index is 4.45. The van der Waals surface area contributed by atoms with E-state index in [1.54, 1.807) is 6.08 Å². The molecule has 0 bridgehead atoms. The molecule has 3 unspecified atom stereocenters. The highest BCUT2D eigenvalue weighted by Gasteiger charge is 2.27. The lowest BCUT2D eigenvalue weighted by molar-refractivity contribution is -0.870. The Labute approximate surface area is 255 Å². The first-order chi connectivity index (χ1) is 20.0. The first-order valence-electron chi connectivity index (χ1n) is 15.3. The van der Waals surface area contributed by atoms with Gasteiger partial charge in [-0.2, -0.15) is 0 Å². The largest absolute Gasteiger partial charge is 0.472 e. The Morgan fingerprint density at radius 1 is 0.833 bits per heavy atom. The zero-order valence-electron chi connectivity index (χ0n) is 26.7. The molecule has 0 heterocycles. The summed E-state index contributed by atoms with van der Waals surface area (Å²) in [5.41, 5.74) is 0. The maximum atomic E-state index is 12.5. The summed E-state index contributed by atoms with van der Waals surface area (Å²) in [6, 6.07) is -0.873. The number of allylic oxidation sites excluding steroid dienone is 11. The van der Waals surface area contributed by atoms with Gasteiger partial charge < -0.3 is 19.8 Å². The summed E-state index contributed by atoms with van der Waals surface area (Å²) in [5, 5.41) is 13.3. The third-order valence-electron chi connectivity index (χ3n) is 5.91. The highest BCUT2D eigenvalue weighted by molar-refractivity contribution is 7.47. The second-order valence-corrected chi connectivity index (χ2v) is 12.5. The van der Waals surface area contributed by atoms with Crippen LogP contribution in [0.15, 0.2) is 72.9 Å². The van der Waals surface area contributed by atoms with Crippen LogP contribution in [0.2, 0.25) is 0 Å². The van der Waals surface area contributed by atoms with Crippen LogP contribution in [0.1, 0.15) is 78.1 Å². The average Bonchev–Trinajstić information content (AvgIpc) is 2.92. The fourth-order valence-corrected chi connectivity index (χ4v) is 4.17. The summed E-state index contributed by atoms with van der Waals surface area (Å²) in [5.74, 6) is -0.252. The van der Waals surface area contributed by atoms with E-state index in [2.05, 4.69) is 73.0 Å². The molecule has 0 spiro atoms. The van der Waals surface area contributed by atoms with Crippen LogP contribution in [-0.2, 0) is 18.4 Å². The molecule has 0 fully saturated rings. The molecule has 3 atom stereocenters. The quantitative estimate of drug-likeness (QED) is 0.0448. The lowest BCUT2D eigenvalue weighted by Crippen LogP contribution is -2.45. The number of nitrogens with one attached hydrogen (secondary N) is 1. The van der Waals surface area contributed by atoms with Crippen LogP contribution in [0.4, 0.5) is 0 Å². The number of aliphatic hydroxyl groups excluding tert-OH is 1. The van der Waals surface area contributed by atoms with Crippen molar-refractivity contribution in [2.75, 3.05) is 40.9 Å². The Bertz CT molecular complexity index is 918. The van der Waals surface area contributed by atoms with E-state index in [1.165, 1.54) is 0 Å². The molecule has 240 valence electrons. The molecule has 0 rings (SSSR count). The summed E-state index contributed by atoms with van der Waals surface area (Å²) in [6.07, 6.45) is 32.0. The molecule has 0 radical (unpaired) electrons. The van der Waals surface area contributed by atoms with Crippen LogP contribution in [0, 0.1) is 0 Å². The first kappa shape index (κ1) is 39.9. The van der Waals surface area contributed by atoms with Crippen molar-refractivity contribution in [3.63, 3.8) is 0 Å². The van der Waals surface area contributed by atoms with Gasteiger partial charge in [-0.15, -0.1) is 0 Å².